The fraction of sp³-hybridized carbons (Fsp3) is 0.464. The number of H-pyrrole nitrogens is 1. The fourth-order valence-electron chi connectivity index (χ4n) is 5.99. The third-order valence-corrected chi connectivity index (χ3v) is 8.06. The number of alkyl halides is 3. The molecule has 2 aliphatic rings. The number of aromatic nitrogens is 2. The lowest BCUT2D eigenvalue weighted by Gasteiger charge is -2.34. The van der Waals surface area contributed by atoms with E-state index in [1.165, 1.54) is 18.3 Å². The summed E-state index contributed by atoms with van der Waals surface area (Å²) >= 11 is 0. The number of ether oxygens (including phenoxy) is 1. The summed E-state index contributed by atoms with van der Waals surface area (Å²) in [7, 11) is 1.85. The molecule has 1 fully saturated rings. The van der Waals surface area contributed by atoms with Crippen LogP contribution in [-0.2, 0) is 17.6 Å². The lowest BCUT2D eigenvalue weighted by atomic mass is 9.71. The minimum absolute atomic E-state index is 0.146. The van der Waals surface area contributed by atoms with Crippen LogP contribution in [0.3, 0.4) is 0 Å². The normalized spacial score (nSPS) is 20.2. The Bertz CT molecular complexity index is 1360. The van der Waals surface area contributed by atoms with Crippen molar-refractivity contribution < 1.29 is 31.9 Å². The van der Waals surface area contributed by atoms with Crippen LogP contribution in [0.1, 0.15) is 58.8 Å². The van der Waals surface area contributed by atoms with E-state index < -0.39 is 23.3 Å². The molecule has 11 heteroatoms. The number of pyridine rings is 1. The molecule has 39 heavy (non-hydrogen) atoms. The van der Waals surface area contributed by atoms with Crippen molar-refractivity contribution >= 4 is 23.2 Å². The van der Waals surface area contributed by atoms with Gasteiger partial charge in [-0.25, -0.2) is 9.37 Å². The van der Waals surface area contributed by atoms with E-state index in [0.717, 1.165) is 41.5 Å². The Morgan fingerprint density at radius 1 is 1.26 bits per heavy atom. The molecule has 1 unspecified atom stereocenters. The van der Waals surface area contributed by atoms with Crippen LogP contribution in [0.25, 0.3) is 11.0 Å². The zero-order chi connectivity index (χ0) is 27.8. The first-order chi connectivity index (χ1) is 18.6. The summed E-state index contributed by atoms with van der Waals surface area (Å²) < 4.78 is 56.5. The number of carbonyl (C=O) groups is 2. The van der Waals surface area contributed by atoms with Crippen molar-refractivity contribution in [3.8, 4) is 5.75 Å². The number of rotatable bonds is 7. The Labute approximate surface area is 222 Å². The molecule has 0 bridgehead atoms. The van der Waals surface area contributed by atoms with Gasteiger partial charge in [0.05, 0.1) is 6.20 Å². The molecule has 3 aromatic rings. The number of benzene rings is 1. The predicted molar refractivity (Wildman–Crippen MR) is 136 cm³/mol. The summed E-state index contributed by atoms with van der Waals surface area (Å²) in [4.78, 5) is 34.5. The van der Waals surface area contributed by atoms with Gasteiger partial charge in [0.15, 0.2) is 0 Å². The minimum atomic E-state index is -4.80. The van der Waals surface area contributed by atoms with Gasteiger partial charge in [-0.05, 0) is 87.9 Å². The van der Waals surface area contributed by atoms with Crippen molar-refractivity contribution in [2.24, 2.45) is 5.41 Å². The van der Waals surface area contributed by atoms with Gasteiger partial charge in [0.1, 0.15) is 23.5 Å². The lowest BCUT2D eigenvalue weighted by molar-refractivity contribution is -0.274. The van der Waals surface area contributed by atoms with Crippen LogP contribution in [0.4, 0.5) is 17.6 Å². The topological polar surface area (TPSA) is 87.3 Å². The highest BCUT2D eigenvalue weighted by Gasteiger charge is 2.38. The number of piperidine rings is 1. The van der Waals surface area contributed by atoms with E-state index in [-0.39, 0.29) is 17.4 Å². The van der Waals surface area contributed by atoms with E-state index in [9.17, 15) is 22.8 Å². The molecule has 0 spiro atoms. The highest BCUT2D eigenvalue weighted by molar-refractivity contribution is 5.94. The average Bonchev–Trinajstić information content (AvgIpc) is 3.29. The van der Waals surface area contributed by atoms with Crippen LogP contribution < -0.4 is 10.1 Å². The van der Waals surface area contributed by atoms with Gasteiger partial charge in [0, 0.05) is 40.7 Å². The third kappa shape index (κ3) is 5.50. The molecule has 208 valence electrons. The SMILES string of the molecule is CNCCC1(C=O)CCc2[nH]c3ncc(F)c(C4CCN(C(=O)c5ccc(OC(F)(F)F)cc5)CC4)c3c2C1. The standard InChI is InChI=1S/C28H30F4N4O3/c1-33-11-10-27(16-37)9-6-22-20(14-27)24-23(21(29)15-34-25(24)35-22)17-7-12-36(13-8-17)26(38)18-2-4-19(5-3-18)39-28(30,31)32/h2-5,15-17,33H,6-14H2,1H3,(H,34,35). The first-order valence-corrected chi connectivity index (χ1v) is 13.1. The van der Waals surface area contributed by atoms with E-state index in [4.69, 9.17) is 0 Å². The Morgan fingerprint density at radius 2 is 1.97 bits per heavy atom. The molecule has 1 aromatic carbocycles. The number of hydrogen-bond acceptors (Lipinski definition) is 5. The van der Waals surface area contributed by atoms with Gasteiger partial charge in [-0.2, -0.15) is 0 Å². The minimum Gasteiger partial charge on any atom is -0.406 e. The molecule has 3 heterocycles. The second-order valence-electron chi connectivity index (χ2n) is 10.5. The number of aldehydes is 1. The predicted octanol–water partition coefficient (Wildman–Crippen LogP) is 4.90. The lowest BCUT2D eigenvalue weighted by Crippen LogP contribution is -2.38. The summed E-state index contributed by atoms with van der Waals surface area (Å²) in [5, 5.41) is 3.87. The number of hydrogen-bond donors (Lipinski definition) is 2. The van der Waals surface area contributed by atoms with Gasteiger partial charge < -0.3 is 24.7 Å². The van der Waals surface area contributed by atoms with E-state index >= 15 is 4.39 Å². The number of likely N-dealkylation sites (tertiary alicyclic amines) is 1. The number of halogens is 4. The first-order valence-electron chi connectivity index (χ1n) is 13.1. The Hall–Kier alpha value is -3.47. The maximum absolute atomic E-state index is 15.4. The van der Waals surface area contributed by atoms with Gasteiger partial charge in [-0.15, -0.1) is 13.2 Å². The van der Waals surface area contributed by atoms with Crippen molar-refractivity contribution in [2.75, 3.05) is 26.7 Å². The molecule has 7 nitrogen and oxygen atoms in total. The second kappa shape index (κ2) is 10.6. The van der Waals surface area contributed by atoms with Crippen molar-refractivity contribution in [1.82, 2.24) is 20.2 Å². The summed E-state index contributed by atoms with van der Waals surface area (Å²) in [6.45, 7) is 1.46. The van der Waals surface area contributed by atoms with Gasteiger partial charge in [-0.1, -0.05) is 0 Å². The highest BCUT2D eigenvalue weighted by Crippen LogP contribution is 2.43. The largest absolute Gasteiger partial charge is 0.573 e. The average molecular weight is 547 g/mol. The smallest absolute Gasteiger partial charge is 0.406 e. The van der Waals surface area contributed by atoms with E-state index in [2.05, 4.69) is 20.0 Å². The molecule has 1 aliphatic carbocycles. The quantitative estimate of drug-likeness (QED) is 0.325. The summed E-state index contributed by atoms with van der Waals surface area (Å²) in [5.74, 6) is -1.24. The van der Waals surface area contributed by atoms with Crippen molar-refractivity contribution in [2.45, 2.75) is 50.8 Å². The highest BCUT2D eigenvalue weighted by atomic mass is 19.4. The van der Waals surface area contributed by atoms with Crippen LogP contribution in [0, 0.1) is 11.2 Å². The van der Waals surface area contributed by atoms with Crippen LogP contribution in [0.2, 0.25) is 0 Å². The van der Waals surface area contributed by atoms with E-state index in [1.807, 2.05) is 7.05 Å². The third-order valence-electron chi connectivity index (χ3n) is 8.06. The number of aryl methyl sites for hydroxylation is 1. The molecule has 1 atom stereocenters. The van der Waals surface area contributed by atoms with E-state index in [0.29, 0.717) is 62.9 Å². The second-order valence-corrected chi connectivity index (χ2v) is 10.5. The van der Waals surface area contributed by atoms with Crippen LogP contribution >= 0.6 is 0 Å². The number of fused-ring (bicyclic) bond motifs is 3. The molecule has 2 aromatic heterocycles. The van der Waals surface area contributed by atoms with Gasteiger partial charge >= 0.3 is 6.36 Å². The van der Waals surface area contributed by atoms with Crippen molar-refractivity contribution in [1.29, 1.82) is 0 Å². The Kier molecular flexibility index (Phi) is 7.37. The summed E-state index contributed by atoms with van der Waals surface area (Å²) in [6.07, 6.45) is 1.15. The maximum Gasteiger partial charge on any atom is 0.573 e. The number of aromatic amines is 1. The molecule has 1 aliphatic heterocycles. The molecular weight excluding hydrogens is 516 g/mol. The fourth-order valence-corrected chi connectivity index (χ4v) is 5.99. The summed E-state index contributed by atoms with van der Waals surface area (Å²) in [5.41, 5.74) is 2.90. The molecule has 5 rings (SSSR count). The molecule has 0 radical (unpaired) electrons. The number of nitrogens with one attached hydrogen (secondary N) is 2. The first kappa shape index (κ1) is 27.1. The van der Waals surface area contributed by atoms with Gasteiger partial charge in [-0.3, -0.25) is 4.79 Å². The summed E-state index contributed by atoms with van der Waals surface area (Å²) in [6, 6.07) is 4.84. The monoisotopic (exact) mass is 546 g/mol. The van der Waals surface area contributed by atoms with Gasteiger partial charge in [0.25, 0.3) is 5.91 Å². The van der Waals surface area contributed by atoms with Crippen LogP contribution in [0.5, 0.6) is 5.75 Å². The number of amides is 1. The Morgan fingerprint density at radius 3 is 2.62 bits per heavy atom. The van der Waals surface area contributed by atoms with Gasteiger partial charge in [0.2, 0.25) is 0 Å². The zero-order valence-corrected chi connectivity index (χ0v) is 21.5. The molecule has 1 amide bonds. The molecule has 1 saturated heterocycles. The van der Waals surface area contributed by atoms with Crippen LogP contribution in [0.15, 0.2) is 30.5 Å². The molecule has 0 saturated carbocycles. The molecular formula is C28H30F4N4O3. The Balaban J connectivity index is 1.35. The van der Waals surface area contributed by atoms with Crippen molar-refractivity contribution in [3.05, 3.63) is 58.7 Å². The number of carbonyl (C=O) groups excluding carboxylic acids is 2. The maximum atomic E-state index is 15.4. The zero-order valence-electron chi connectivity index (χ0n) is 21.5. The van der Waals surface area contributed by atoms with E-state index in [1.54, 1.807) is 4.90 Å². The number of nitrogens with zero attached hydrogens (tertiary/aromatic N) is 2. The molecule has 2 N–H and O–H groups in total. The van der Waals surface area contributed by atoms with Crippen molar-refractivity contribution in [3.63, 3.8) is 0 Å². The van der Waals surface area contributed by atoms with Crippen LogP contribution in [-0.4, -0.2) is 60.1 Å².